The number of nitrogens with zero attached hydrogens (tertiary/aromatic N) is 2. The fourth-order valence-corrected chi connectivity index (χ4v) is 3.75. The number of carbonyl (C=O) groups excluding carboxylic acids is 1. The van der Waals surface area contributed by atoms with Crippen LogP contribution >= 0.6 is 23.1 Å². The number of carboxylic acids is 1. The summed E-state index contributed by atoms with van der Waals surface area (Å²) in [6.45, 7) is 0. The zero-order chi connectivity index (χ0) is 14.4. The quantitative estimate of drug-likeness (QED) is 0.593. The molecule has 0 radical (unpaired) electrons. The zero-order valence-corrected chi connectivity index (χ0v) is 12.6. The molecule has 0 aliphatic heterocycles. The van der Waals surface area contributed by atoms with Crippen molar-refractivity contribution in [3.05, 3.63) is 0 Å². The van der Waals surface area contributed by atoms with E-state index in [0.29, 0.717) is 21.8 Å². The van der Waals surface area contributed by atoms with Crippen LogP contribution in [0, 0.1) is 5.92 Å². The van der Waals surface area contributed by atoms with Crippen molar-refractivity contribution in [3.8, 4) is 0 Å². The molecule has 1 heterocycles. The first-order chi connectivity index (χ1) is 9.63. The van der Waals surface area contributed by atoms with Gasteiger partial charge in [0.1, 0.15) is 0 Å². The third-order valence-corrected chi connectivity index (χ3v) is 5.18. The maximum Gasteiger partial charge on any atom is 0.313 e. The molecule has 0 spiro atoms. The van der Waals surface area contributed by atoms with E-state index < -0.39 is 5.97 Å². The van der Waals surface area contributed by atoms with Crippen molar-refractivity contribution in [1.29, 1.82) is 0 Å². The van der Waals surface area contributed by atoms with Gasteiger partial charge >= 0.3 is 5.97 Å². The number of rotatable bonds is 7. The number of nitrogens with one attached hydrogen (secondary N) is 1. The number of carbonyl (C=O) groups is 2. The lowest BCUT2D eigenvalue weighted by molar-refractivity contribution is -0.133. The van der Waals surface area contributed by atoms with E-state index in [9.17, 15) is 9.59 Å². The molecule has 0 unspecified atom stereocenters. The molecule has 1 aromatic rings. The second-order valence-corrected chi connectivity index (χ2v) is 6.99. The average molecular weight is 315 g/mol. The van der Waals surface area contributed by atoms with E-state index in [4.69, 9.17) is 5.11 Å². The molecule has 0 bridgehead atoms. The Morgan fingerprint density at radius 2 is 2.10 bits per heavy atom. The highest BCUT2D eigenvalue weighted by Gasteiger charge is 2.17. The number of anilines is 1. The van der Waals surface area contributed by atoms with Crippen LogP contribution < -0.4 is 5.32 Å². The van der Waals surface area contributed by atoms with E-state index >= 15 is 0 Å². The van der Waals surface area contributed by atoms with Crippen LogP contribution in [0.1, 0.15) is 38.5 Å². The van der Waals surface area contributed by atoms with Gasteiger partial charge in [0.15, 0.2) is 4.34 Å². The lowest BCUT2D eigenvalue weighted by atomic mass is 10.0. The Kier molecular flexibility index (Phi) is 5.78. The van der Waals surface area contributed by atoms with Gasteiger partial charge in [0, 0.05) is 6.42 Å². The number of amides is 1. The molecule has 1 fully saturated rings. The fraction of sp³-hybridized carbons (Fsp3) is 0.667. The molecule has 1 aliphatic carbocycles. The van der Waals surface area contributed by atoms with Crippen LogP contribution in [0.3, 0.4) is 0 Å². The summed E-state index contributed by atoms with van der Waals surface area (Å²) < 4.78 is 0.554. The van der Waals surface area contributed by atoms with Crippen LogP contribution in [0.4, 0.5) is 5.13 Å². The molecule has 2 rings (SSSR count). The molecule has 0 atom stereocenters. The molecule has 6 nitrogen and oxygen atoms in total. The molecule has 1 saturated carbocycles. The van der Waals surface area contributed by atoms with Gasteiger partial charge in [0.2, 0.25) is 11.0 Å². The van der Waals surface area contributed by atoms with Gasteiger partial charge < -0.3 is 10.4 Å². The van der Waals surface area contributed by atoms with Crippen molar-refractivity contribution in [3.63, 3.8) is 0 Å². The van der Waals surface area contributed by atoms with Gasteiger partial charge in [-0.2, -0.15) is 0 Å². The number of hydrogen-bond acceptors (Lipinski definition) is 6. The number of thioether (sulfide) groups is 1. The van der Waals surface area contributed by atoms with E-state index in [-0.39, 0.29) is 11.7 Å². The summed E-state index contributed by atoms with van der Waals surface area (Å²) in [5, 5.41) is 19.4. The average Bonchev–Trinajstić information content (AvgIpc) is 3.05. The van der Waals surface area contributed by atoms with E-state index in [1.807, 2.05) is 0 Å². The maximum atomic E-state index is 11.8. The summed E-state index contributed by atoms with van der Waals surface area (Å²) in [6, 6.07) is 0. The first-order valence-corrected chi connectivity index (χ1v) is 8.41. The predicted molar refractivity (Wildman–Crippen MR) is 78.1 cm³/mol. The van der Waals surface area contributed by atoms with E-state index in [0.717, 1.165) is 18.2 Å². The SMILES string of the molecule is O=C(O)CSc1nnc(NC(=O)CCC2CCCC2)s1. The van der Waals surface area contributed by atoms with Crippen LogP contribution in [0.25, 0.3) is 0 Å². The largest absolute Gasteiger partial charge is 0.481 e. The van der Waals surface area contributed by atoms with Gasteiger partial charge in [-0.1, -0.05) is 48.8 Å². The number of carboxylic acid groups (broad SMARTS) is 1. The van der Waals surface area contributed by atoms with E-state index in [1.54, 1.807) is 0 Å². The molecule has 8 heteroatoms. The van der Waals surface area contributed by atoms with Gasteiger partial charge in [-0.15, -0.1) is 10.2 Å². The molecular formula is C12H17N3O3S2. The Balaban J connectivity index is 1.71. The Morgan fingerprint density at radius 1 is 1.35 bits per heavy atom. The minimum absolute atomic E-state index is 0.0390. The Hall–Kier alpha value is -1.15. The molecular weight excluding hydrogens is 298 g/mol. The van der Waals surface area contributed by atoms with Crippen LogP contribution in [-0.4, -0.2) is 32.9 Å². The first-order valence-electron chi connectivity index (χ1n) is 6.61. The minimum Gasteiger partial charge on any atom is -0.481 e. The van der Waals surface area contributed by atoms with Crippen LogP contribution in [0.15, 0.2) is 4.34 Å². The third-order valence-electron chi connectivity index (χ3n) is 3.23. The maximum absolute atomic E-state index is 11.8. The zero-order valence-electron chi connectivity index (χ0n) is 11.0. The second kappa shape index (κ2) is 7.58. The van der Waals surface area contributed by atoms with Crippen molar-refractivity contribution in [2.45, 2.75) is 42.9 Å². The molecule has 1 amide bonds. The fourth-order valence-electron chi connectivity index (χ4n) is 2.26. The van der Waals surface area contributed by atoms with Gasteiger partial charge in [-0.25, -0.2) is 0 Å². The molecule has 1 aliphatic rings. The summed E-state index contributed by atoms with van der Waals surface area (Å²) in [6.07, 6.45) is 6.50. The summed E-state index contributed by atoms with van der Waals surface area (Å²) in [5.41, 5.74) is 0. The summed E-state index contributed by atoms with van der Waals surface area (Å²) in [4.78, 5) is 22.2. The summed E-state index contributed by atoms with van der Waals surface area (Å²) in [5.74, 6) is -0.295. The van der Waals surface area contributed by atoms with Crippen molar-refractivity contribution in [1.82, 2.24) is 10.2 Å². The smallest absolute Gasteiger partial charge is 0.313 e. The highest BCUT2D eigenvalue weighted by molar-refractivity contribution is 8.01. The Bertz CT molecular complexity index is 472. The lowest BCUT2D eigenvalue weighted by Gasteiger charge is -2.07. The van der Waals surface area contributed by atoms with Gasteiger partial charge in [-0.3, -0.25) is 9.59 Å². The standard InChI is InChI=1S/C12H17N3O3S2/c16-9(6-5-8-3-1-2-4-8)13-11-14-15-12(20-11)19-7-10(17)18/h8H,1-7H2,(H,17,18)(H,13,14,16). The Morgan fingerprint density at radius 3 is 2.80 bits per heavy atom. The van der Waals surface area contributed by atoms with Gasteiger partial charge in [-0.05, 0) is 12.3 Å². The summed E-state index contributed by atoms with van der Waals surface area (Å²) >= 11 is 2.31. The molecule has 1 aromatic heterocycles. The Labute approximate surface area is 125 Å². The van der Waals surface area contributed by atoms with Gasteiger partial charge in [0.05, 0.1) is 5.75 Å². The summed E-state index contributed by atoms with van der Waals surface area (Å²) in [7, 11) is 0. The minimum atomic E-state index is -0.896. The highest BCUT2D eigenvalue weighted by atomic mass is 32.2. The normalized spacial score (nSPS) is 15.4. The molecule has 110 valence electrons. The second-order valence-electron chi connectivity index (χ2n) is 4.79. The molecule has 0 aromatic carbocycles. The topological polar surface area (TPSA) is 92.2 Å². The molecule has 0 saturated heterocycles. The third kappa shape index (κ3) is 5.09. The van der Waals surface area contributed by atoms with Crippen LogP contribution in [0.5, 0.6) is 0 Å². The van der Waals surface area contributed by atoms with Gasteiger partial charge in [0.25, 0.3) is 0 Å². The van der Waals surface area contributed by atoms with Crippen molar-refractivity contribution >= 4 is 40.1 Å². The monoisotopic (exact) mass is 315 g/mol. The van der Waals surface area contributed by atoms with E-state index in [2.05, 4.69) is 15.5 Å². The molecule has 20 heavy (non-hydrogen) atoms. The van der Waals surface area contributed by atoms with Crippen LogP contribution in [-0.2, 0) is 9.59 Å². The number of hydrogen-bond donors (Lipinski definition) is 2. The first kappa shape index (κ1) is 15.2. The molecule has 2 N–H and O–H groups in total. The number of aromatic nitrogens is 2. The van der Waals surface area contributed by atoms with Crippen molar-refractivity contribution < 1.29 is 14.7 Å². The van der Waals surface area contributed by atoms with Crippen molar-refractivity contribution in [2.75, 3.05) is 11.1 Å². The van der Waals surface area contributed by atoms with Crippen LogP contribution in [0.2, 0.25) is 0 Å². The lowest BCUT2D eigenvalue weighted by Crippen LogP contribution is -2.12. The highest BCUT2D eigenvalue weighted by Crippen LogP contribution is 2.29. The predicted octanol–water partition coefficient (Wildman–Crippen LogP) is 2.62. The van der Waals surface area contributed by atoms with E-state index in [1.165, 1.54) is 37.0 Å². The number of aliphatic carboxylic acids is 1. The van der Waals surface area contributed by atoms with Crippen molar-refractivity contribution in [2.24, 2.45) is 5.92 Å².